The van der Waals surface area contributed by atoms with Crippen LogP contribution in [-0.4, -0.2) is 6.03 Å². The van der Waals surface area contributed by atoms with Gasteiger partial charge in [0.25, 0.3) is 0 Å². The second-order valence-electron chi connectivity index (χ2n) is 3.97. The summed E-state index contributed by atoms with van der Waals surface area (Å²) < 4.78 is 1.69. The van der Waals surface area contributed by atoms with Crippen LogP contribution in [0.2, 0.25) is 4.34 Å². The van der Waals surface area contributed by atoms with Gasteiger partial charge >= 0.3 is 6.03 Å². The highest BCUT2D eigenvalue weighted by Gasteiger charge is 2.11. The van der Waals surface area contributed by atoms with Gasteiger partial charge in [-0.3, -0.25) is 0 Å². The average molecular weight is 360 g/mol. The average Bonchev–Trinajstić information content (AvgIpc) is 2.79. The molecule has 2 rings (SSSR count). The van der Waals surface area contributed by atoms with Crippen LogP contribution in [0.5, 0.6) is 0 Å². The Morgan fingerprint density at radius 3 is 2.53 bits per heavy atom. The molecule has 0 aliphatic carbocycles. The number of carbonyl (C=O) groups excluding carboxylic acids is 1. The number of urea groups is 1. The van der Waals surface area contributed by atoms with E-state index in [0.717, 1.165) is 19.4 Å². The van der Waals surface area contributed by atoms with E-state index in [2.05, 4.69) is 26.6 Å². The molecule has 0 fully saturated rings. The van der Waals surface area contributed by atoms with E-state index in [-0.39, 0.29) is 12.1 Å². The summed E-state index contributed by atoms with van der Waals surface area (Å²) in [5, 5.41) is 5.64. The SMILES string of the molecule is C[C@@H](NC(=O)Nc1ccc(Br)cc1)c1ccc(Cl)s1. The van der Waals surface area contributed by atoms with Crippen molar-refractivity contribution in [3.8, 4) is 0 Å². The van der Waals surface area contributed by atoms with E-state index in [9.17, 15) is 4.79 Å². The first kappa shape index (κ1) is 14.4. The number of rotatable bonds is 3. The van der Waals surface area contributed by atoms with E-state index in [0.29, 0.717) is 0 Å². The van der Waals surface area contributed by atoms with Crippen LogP contribution < -0.4 is 10.6 Å². The number of halogens is 2. The second kappa shape index (κ2) is 6.41. The van der Waals surface area contributed by atoms with Crippen molar-refractivity contribution < 1.29 is 4.79 Å². The fourth-order valence-electron chi connectivity index (χ4n) is 1.53. The van der Waals surface area contributed by atoms with Gasteiger partial charge in [0.2, 0.25) is 0 Å². The van der Waals surface area contributed by atoms with Gasteiger partial charge in [-0.15, -0.1) is 11.3 Å². The molecule has 0 radical (unpaired) electrons. The van der Waals surface area contributed by atoms with Crippen LogP contribution >= 0.6 is 38.9 Å². The zero-order valence-corrected chi connectivity index (χ0v) is 13.3. The van der Waals surface area contributed by atoms with Crippen molar-refractivity contribution in [1.29, 1.82) is 0 Å². The minimum atomic E-state index is -0.237. The summed E-state index contributed by atoms with van der Waals surface area (Å²) >= 11 is 10.7. The van der Waals surface area contributed by atoms with Crippen molar-refractivity contribution in [2.75, 3.05) is 5.32 Å². The van der Waals surface area contributed by atoms with Crippen molar-refractivity contribution in [2.45, 2.75) is 13.0 Å². The number of benzene rings is 1. The van der Waals surface area contributed by atoms with Crippen LogP contribution in [0, 0.1) is 0 Å². The lowest BCUT2D eigenvalue weighted by Crippen LogP contribution is -2.30. The van der Waals surface area contributed by atoms with Gasteiger partial charge in [-0.05, 0) is 43.3 Å². The van der Waals surface area contributed by atoms with E-state index in [1.165, 1.54) is 11.3 Å². The maximum absolute atomic E-state index is 11.8. The first-order chi connectivity index (χ1) is 9.04. The molecule has 0 spiro atoms. The number of anilines is 1. The summed E-state index contributed by atoms with van der Waals surface area (Å²) in [6.45, 7) is 1.92. The highest BCUT2D eigenvalue weighted by molar-refractivity contribution is 9.10. The molecule has 2 N–H and O–H groups in total. The van der Waals surface area contributed by atoms with Crippen molar-refractivity contribution >= 4 is 50.6 Å². The second-order valence-corrected chi connectivity index (χ2v) is 6.63. The standard InChI is InChI=1S/C13H12BrClN2OS/c1-8(11-6-7-12(15)19-11)16-13(18)17-10-4-2-9(14)3-5-10/h2-8H,1H3,(H2,16,17,18)/t8-/m1/s1. The molecule has 0 saturated carbocycles. The van der Waals surface area contributed by atoms with Crippen molar-refractivity contribution in [3.05, 3.63) is 50.1 Å². The lowest BCUT2D eigenvalue weighted by Gasteiger charge is -2.13. The molecule has 2 aromatic rings. The van der Waals surface area contributed by atoms with Gasteiger partial charge in [-0.25, -0.2) is 4.79 Å². The molecule has 0 aliphatic heterocycles. The Bertz CT molecular complexity index is 570. The minimum absolute atomic E-state index is 0.0760. The molecule has 19 heavy (non-hydrogen) atoms. The molecule has 1 heterocycles. The number of nitrogens with one attached hydrogen (secondary N) is 2. The molecule has 100 valence electrons. The number of hydrogen-bond acceptors (Lipinski definition) is 2. The van der Waals surface area contributed by atoms with E-state index < -0.39 is 0 Å². The minimum Gasteiger partial charge on any atom is -0.331 e. The molecular formula is C13H12BrClN2OS. The predicted molar refractivity (Wildman–Crippen MR) is 84.0 cm³/mol. The maximum atomic E-state index is 11.8. The van der Waals surface area contributed by atoms with Gasteiger partial charge in [0.05, 0.1) is 10.4 Å². The van der Waals surface area contributed by atoms with Crippen LogP contribution in [0.25, 0.3) is 0 Å². The van der Waals surface area contributed by atoms with Crippen LogP contribution in [0.1, 0.15) is 17.8 Å². The lowest BCUT2D eigenvalue weighted by molar-refractivity contribution is 0.249. The first-order valence-corrected chi connectivity index (χ1v) is 7.61. The Hall–Kier alpha value is -1.04. The quantitative estimate of drug-likeness (QED) is 0.791. The Morgan fingerprint density at radius 2 is 1.95 bits per heavy atom. The van der Waals surface area contributed by atoms with Crippen molar-refractivity contribution in [1.82, 2.24) is 5.32 Å². The largest absolute Gasteiger partial charge is 0.331 e. The first-order valence-electron chi connectivity index (χ1n) is 5.63. The van der Waals surface area contributed by atoms with Crippen molar-refractivity contribution in [2.24, 2.45) is 0 Å². The summed E-state index contributed by atoms with van der Waals surface area (Å²) in [6, 6.07) is 10.8. The Labute approximate surface area is 129 Å². The van der Waals surface area contributed by atoms with Gasteiger partial charge < -0.3 is 10.6 Å². The molecule has 1 aromatic carbocycles. The Balaban J connectivity index is 1.92. The van der Waals surface area contributed by atoms with E-state index in [1.54, 1.807) is 0 Å². The topological polar surface area (TPSA) is 41.1 Å². The molecule has 6 heteroatoms. The van der Waals surface area contributed by atoms with E-state index in [4.69, 9.17) is 11.6 Å². The summed E-state index contributed by atoms with van der Waals surface area (Å²) in [6.07, 6.45) is 0. The summed E-state index contributed by atoms with van der Waals surface area (Å²) in [4.78, 5) is 12.8. The number of amides is 2. The van der Waals surface area contributed by atoms with Gasteiger partial charge in [-0.1, -0.05) is 27.5 Å². The maximum Gasteiger partial charge on any atom is 0.319 e. The highest BCUT2D eigenvalue weighted by atomic mass is 79.9. The molecule has 0 bridgehead atoms. The van der Waals surface area contributed by atoms with Crippen LogP contribution in [0.3, 0.4) is 0 Å². The molecular weight excluding hydrogens is 348 g/mol. The Kier molecular flexibility index (Phi) is 4.85. The predicted octanol–water partition coefficient (Wildman–Crippen LogP) is 5.05. The van der Waals surface area contributed by atoms with Crippen LogP contribution in [0.4, 0.5) is 10.5 Å². The summed E-state index contributed by atoms with van der Waals surface area (Å²) in [7, 11) is 0. The highest BCUT2D eigenvalue weighted by Crippen LogP contribution is 2.26. The fraction of sp³-hybridized carbons (Fsp3) is 0.154. The zero-order valence-electron chi connectivity index (χ0n) is 10.1. The third-order valence-corrected chi connectivity index (χ3v) is 4.41. The van der Waals surface area contributed by atoms with Gasteiger partial charge in [0.1, 0.15) is 0 Å². The third kappa shape index (κ3) is 4.23. The van der Waals surface area contributed by atoms with Crippen LogP contribution in [0.15, 0.2) is 40.9 Å². The smallest absolute Gasteiger partial charge is 0.319 e. The molecule has 3 nitrogen and oxygen atoms in total. The summed E-state index contributed by atoms with van der Waals surface area (Å²) in [5.74, 6) is 0. The Morgan fingerprint density at radius 1 is 1.26 bits per heavy atom. The normalized spacial score (nSPS) is 11.9. The fourth-order valence-corrected chi connectivity index (χ4v) is 2.86. The molecule has 0 unspecified atom stereocenters. The molecule has 1 atom stereocenters. The molecule has 2 amide bonds. The zero-order chi connectivity index (χ0) is 13.8. The van der Waals surface area contributed by atoms with Crippen LogP contribution in [-0.2, 0) is 0 Å². The van der Waals surface area contributed by atoms with E-state index >= 15 is 0 Å². The van der Waals surface area contributed by atoms with Gasteiger partial charge in [-0.2, -0.15) is 0 Å². The molecule has 0 aliphatic rings. The van der Waals surface area contributed by atoms with Gasteiger partial charge in [0, 0.05) is 15.0 Å². The van der Waals surface area contributed by atoms with Gasteiger partial charge in [0.15, 0.2) is 0 Å². The summed E-state index contributed by atoms with van der Waals surface area (Å²) in [5.41, 5.74) is 0.747. The number of thiophene rings is 1. The monoisotopic (exact) mass is 358 g/mol. The molecule has 0 saturated heterocycles. The lowest BCUT2D eigenvalue weighted by atomic mass is 10.3. The number of carbonyl (C=O) groups is 1. The molecule has 1 aromatic heterocycles. The van der Waals surface area contributed by atoms with E-state index in [1.807, 2.05) is 43.3 Å². The number of hydrogen-bond donors (Lipinski definition) is 2. The third-order valence-electron chi connectivity index (χ3n) is 2.47. The van der Waals surface area contributed by atoms with Crippen molar-refractivity contribution in [3.63, 3.8) is 0 Å².